The summed E-state index contributed by atoms with van der Waals surface area (Å²) in [6.45, 7) is 6.50. The van der Waals surface area contributed by atoms with E-state index in [1.54, 1.807) is 6.33 Å². The van der Waals surface area contributed by atoms with Gasteiger partial charge in [0.05, 0.1) is 5.52 Å². The van der Waals surface area contributed by atoms with Crippen LogP contribution >= 0.6 is 22.6 Å². The molecule has 0 fully saturated rings. The van der Waals surface area contributed by atoms with Crippen molar-refractivity contribution in [1.82, 2.24) is 9.97 Å². The fourth-order valence-corrected chi connectivity index (χ4v) is 2.62. The number of aromatic nitrogens is 2. The minimum absolute atomic E-state index is 1.03. The zero-order chi connectivity index (χ0) is 13.0. The van der Waals surface area contributed by atoms with Crippen LogP contribution in [0.15, 0.2) is 24.5 Å². The number of anilines is 1. The van der Waals surface area contributed by atoms with E-state index in [1.165, 1.54) is 3.57 Å². The van der Waals surface area contributed by atoms with Crippen LogP contribution in [0.4, 0.5) is 5.82 Å². The quantitative estimate of drug-likeness (QED) is 0.763. The van der Waals surface area contributed by atoms with E-state index in [0.29, 0.717) is 0 Å². The number of benzene rings is 1. The molecule has 0 unspecified atom stereocenters. The molecule has 0 aliphatic carbocycles. The van der Waals surface area contributed by atoms with Gasteiger partial charge in [0.25, 0.3) is 0 Å². The van der Waals surface area contributed by atoms with Crippen LogP contribution in [-0.4, -0.2) is 23.1 Å². The molecule has 0 spiro atoms. The average molecular weight is 355 g/mol. The molecule has 0 saturated heterocycles. The molecule has 0 amide bonds. The number of hydrogen-bond donors (Lipinski definition) is 0. The number of rotatable bonds is 5. The molecule has 0 bridgehead atoms. The molecule has 1 heterocycles. The van der Waals surface area contributed by atoms with Gasteiger partial charge in [0.1, 0.15) is 12.1 Å². The molecule has 0 N–H and O–H groups in total. The van der Waals surface area contributed by atoms with Gasteiger partial charge in [-0.2, -0.15) is 0 Å². The summed E-state index contributed by atoms with van der Waals surface area (Å²) in [7, 11) is 0. The fraction of sp³-hybridized carbons (Fsp3) is 0.429. The van der Waals surface area contributed by atoms with Gasteiger partial charge in [-0.05, 0) is 53.6 Å². The van der Waals surface area contributed by atoms with Crippen molar-refractivity contribution < 1.29 is 0 Å². The van der Waals surface area contributed by atoms with Crippen molar-refractivity contribution in [2.24, 2.45) is 0 Å². The highest BCUT2D eigenvalue weighted by Gasteiger charge is 2.11. The highest BCUT2D eigenvalue weighted by Crippen LogP contribution is 2.25. The molecule has 1 aromatic heterocycles. The minimum atomic E-state index is 1.03. The first-order chi connectivity index (χ1) is 8.76. The molecular weight excluding hydrogens is 337 g/mol. The summed E-state index contributed by atoms with van der Waals surface area (Å²) in [6, 6.07) is 6.32. The van der Waals surface area contributed by atoms with Crippen LogP contribution in [0, 0.1) is 3.57 Å². The smallest absolute Gasteiger partial charge is 0.139 e. The van der Waals surface area contributed by atoms with E-state index in [-0.39, 0.29) is 0 Å². The van der Waals surface area contributed by atoms with Crippen molar-refractivity contribution in [2.45, 2.75) is 26.7 Å². The number of nitrogens with zero attached hydrogens (tertiary/aromatic N) is 3. The SMILES string of the molecule is CCCN(CCC)c1ncnc2ccc(I)cc12. The molecular formula is C14H18IN3. The number of hydrogen-bond acceptors (Lipinski definition) is 3. The Labute approximate surface area is 122 Å². The Kier molecular flexibility index (Phi) is 4.74. The average Bonchev–Trinajstić information content (AvgIpc) is 2.38. The molecule has 0 aliphatic rings. The first kappa shape index (κ1) is 13.5. The van der Waals surface area contributed by atoms with Crippen LogP contribution in [0.2, 0.25) is 0 Å². The van der Waals surface area contributed by atoms with Crippen LogP contribution in [-0.2, 0) is 0 Å². The maximum absolute atomic E-state index is 4.50. The molecule has 0 atom stereocenters. The number of halogens is 1. The van der Waals surface area contributed by atoms with E-state index in [1.807, 2.05) is 0 Å². The van der Waals surface area contributed by atoms with E-state index in [0.717, 1.165) is 42.7 Å². The monoisotopic (exact) mass is 355 g/mol. The second-order valence-electron chi connectivity index (χ2n) is 4.35. The van der Waals surface area contributed by atoms with Crippen molar-refractivity contribution in [3.63, 3.8) is 0 Å². The third-order valence-corrected chi connectivity index (χ3v) is 3.53. The van der Waals surface area contributed by atoms with E-state index < -0.39 is 0 Å². The lowest BCUT2D eigenvalue weighted by atomic mass is 10.2. The van der Waals surface area contributed by atoms with Gasteiger partial charge in [-0.3, -0.25) is 0 Å². The van der Waals surface area contributed by atoms with Gasteiger partial charge in [-0.1, -0.05) is 13.8 Å². The normalized spacial score (nSPS) is 10.8. The van der Waals surface area contributed by atoms with E-state index in [9.17, 15) is 0 Å². The second kappa shape index (κ2) is 6.31. The van der Waals surface area contributed by atoms with Crippen molar-refractivity contribution >= 4 is 39.3 Å². The fourth-order valence-electron chi connectivity index (χ4n) is 2.13. The van der Waals surface area contributed by atoms with Crippen LogP contribution in [0.5, 0.6) is 0 Å². The summed E-state index contributed by atoms with van der Waals surface area (Å²) >= 11 is 2.34. The van der Waals surface area contributed by atoms with Crippen molar-refractivity contribution in [2.75, 3.05) is 18.0 Å². The van der Waals surface area contributed by atoms with Crippen molar-refractivity contribution in [3.8, 4) is 0 Å². The van der Waals surface area contributed by atoms with Gasteiger partial charge in [0.15, 0.2) is 0 Å². The van der Waals surface area contributed by atoms with E-state index in [2.05, 4.69) is 69.5 Å². The van der Waals surface area contributed by atoms with Gasteiger partial charge in [0, 0.05) is 22.0 Å². The summed E-state index contributed by atoms with van der Waals surface area (Å²) < 4.78 is 1.23. The Hall–Kier alpha value is -0.910. The Morgan fingerprint density at radius 2 is 1.83 bits per heavy atom. The standard InChI is InChI=1S/C14H18IN3/c1-3-7-18(8-4-2)14-12-9-11(15)5-6-13(12)16-10-17-14/h5-6,9-10H,3-4,7-8H2,1-2H3. The zero-order valence-corrected chi connectivity index (χ0v) is 13.0. The molecule has 0 aliphatic heterocycles. The summed E-state index contributed by atoms with van der Waals surface area (Å²) in [5.41, 5.74) is 1.03. The summed E-state index contributed by atoms with van der Waals surface area (Å²) in [6.07, 6.45) is 3.94. The van der Waals surface area contributed by atoms with Crippen LogP contribution in [0.3, 0.4) is 0 Å². The molecule has 0 radical (unpaired) electrons. The molecule has 0 saturated carbocycles. The van der Waals surface area contributed by atoms with Gasteiger partial charge < -0.3 is 4.90 Å². The second-order valence-corrected chi connectivity index (χ2v) is 5.59. The Morgan fingerprint density at radius 1 is 1.11 bits per heavy atom. The molecule has 1 aromatic carbocycles. The highest BCUT2D eigenvalue weighted by molar-refractivity contribution is 14.1. The van der Waals surface area contributed by atoms with Crippen molar-refractivity contribution in [1.29, 1.82) is 0 Å². The lowest BCUT2D eigenvalue weighted by Crippen LogP contribution is -2.26. The molecule has 3 nitrogen and oxygen atoms in total. The topological polar surface area (TPSA) is 29.0 Å². The maximum atomic E-state index is 4.50. The van der Waals surface area contributed by atoms with Gasteiger partial charge >= 0.3 is 0 Å². The van der Waals surface area contributed by atoms with E-state index in [4.69, 9.17) is 0 Å². The van der Waals surface area contributed by atoms with E-state index >= 15 is 0 Å². The summed E-state index contributed by atoms with van der Waals surface area (Å²) in [5, 5.41) is 1.16. The first-order valence-electron chi connectivity index (χ1n) is 6.41. The molecule has 96 valence electrons. The highest BCUT2D eigenvalue weighted by atomic mass is 127. The summed E-state index contributed by atoms with van der Waals surface area (Å²) in [4.78, 5) is 11.2. The maximum Gasteiger partial charge on any atom is 0.139 e. The molecule has 2 aromatic rings. The Balaban J connectivity index is 2.50. The molecule has 2 rings (SSSR count). The lowest BCUT2D eigenvalue weighted by molar-refractivity contribution is 0.736. The molecule has 18 heavy (non-hydrogen) atoms. The van der Waals surface area contributed by atoms with Crippen molar-refractivity contribution in [3.05, 3.63) is 28.1 Å². The third-order valence-electron chi connectivity index (χ3n) is 2.86. The van der Waals surface area contributed by atoms with Crippen LogP contribution < -0.4 is 4.90 Å². The van der Waals surface area contributed by atoms with Gasteiger partial charge in [-0.25, -0.2) is 9.97 Å². The predicted octanol–water partition coefficient (Wildman–Crippen LogP) is 3.86. The van der Waals surface area contributed by atoms with Crippen LogP contribution in [0.25, 0.3) is 10.9 Å². The molecule has 4 heteroatoms. The third kappa shape index (κ3) is 2.91. The zero-order valence-electron chi connectivity index (χ0n) is 10.9. The Morgan fingerprint density at radius 3 is 2.50 bits per heavy atom. The Bertz CT molecular complexity index is 521. The van der Waals surface area contributed by atoms with Gasteiger partial charge in [0.2, 0.25) is 0 Å². The number of fused-ring (bicyclic) bond motifs is 1. The first-order valence-corrected chi connectivity index (χ1v) is 7.49. The minimum Gasteiger partial charge on any atom is -0.356 e. The predicted molar refractivity (Wildman–Crippen MR) is 85.1 cm³/mol. The van der Waals surface area contributed by atoms with Crippen LogP contribution in [0.1, 0.15) is 26.7 Å². The summed E-state index contributed by atoms with van der Waals surface area (Å²) in [5.74, 6) is 1.07. The lowest BCUT2D eigenvalue weighted by Gasteiger charge is -2.23. The van der Waals surface area contributed by atoms with Gasteiger partial charge in [-0.15, -0.1) is 0 Å². The largest absolute Gasteiger partial charge is 0.356 e.